The smallest absolute Gasteiger partial charge is 0.191 e. The zero-order valence-corrected chi connectivity index (χ0v) is 39.1. The summed E-state index contributed by atoms with van der Waals surface area (Å²) in [5.74, 6) is 12.0. The summed E-state index contributed by atoms with van der Waals surface area (Å²) in [6.07, 6.45) is 18.8. The quantitative estimate of drug-likeness (QED) is 0.0394. The van der Waals surface area contributed by atoms with Gasteiger partial charge in [-0.1, -0.05) is 116 Å². The Balaban J connectivity index is 1.09. The topological polar surface area (TPSA) is 155 Å². The molecule has 1 fully saturated rings. The van der Waals surface area contributed by atoms with Crippen molar-refractivity contribution in [2.75, 3.05) is 12.3 Å². The fourth-order valence-corrected chi connectivity index (χ4v) is 14.1. The lowest BCUT2D eigenvalue weighted by Crippen LogP contribution is -2.41. The molecule has 2 aromatic heterocycles. The van der Waals surface area contributed by atoms with Crippen molar-refractivity contribution in [1.82, 2.24) is 14.9 Å². The first-order valence-electron chi connectivity index (χ1n) is 24.0. The van der Waals surface area contributed by atoms with Gasteiger partial charge in [-0.2, -0.15) is 0 Å². The first-order chi connectivity index (χ1) is 31.6. The molecule has 5 aliphatic heterocycles. The highest BCUT2D eigenvalue weighted by atomic mass is 33.1. The Bertz CT molecular complexity index is 2590. The average Bonchev–Trinajstić information content (AvgIpc) is 4.05. The predicted molar refractivity (Wildman–Crippen MR) is 258 cm³/mol. The van der Waals surface area contributed by atoms with E-state index in [-0.39, 0.29) is 30.2 Å². The fourth-order valence-electron chi connectivity index (χ4n) is 11.7. The molecule has 10 atom stereocenters. The van der Waals surface area contributed by atoms with E-state index < -0.39 is 47.7 Å². The van der Waals surface area contributed by atoms with Gasteiger partial charge in [0.05, 0.1) is 35.2 Å². The molecule has 4 aromatic rings. The number of hydrogen-bond donors (Lipinski definition) is 6. The largest absolute Gasteiger partial charge is 0.465 e. The number of carbonyl (C=O) groups excluding carboxylic acids is 1. The van der Waals surface area contributed by atoms with Crippen molar-refractivity contribution >= 4 is 38.3 Å². The van der Waals surface area contributed by atoms with Crippen LogP contribution in [0.15, 0.2) is 55.0 Å². The van der Waals surface area contributed by atoms with E-state index in [0.717, 1.165) is 95.0 Å². The maximum absolute atomic E-state index is 14.5. The van der Waals surface area contributed by atoms with Gasteiger partial charge >= 0.3 is 0 Å². The van der Waals surface area contributed by atoms with E-state index in [0.29, 0.717) is 49.5 Å². The second-order valence-electron chi connectivity index (χ2n) is 19.5. The van der Waals surface area contributed by atoms with Crippen LogP contribution in [-0.4, -0.2) is 55.2 Å². The first kappa shape index (κ1) is 44.7. The van der Waals surface area contributed by atoms with Crippen LogP contribution in [0, 0.1) is 53.0 Å². The number of aryl methyl sites for hydroxylation is 1. The van der Waals surface area contributed by atoms with Crippen molar-refractivity contribution < 1.29 is 29.6 Å². The Morgan fingerprint density at radius 2 is 1.91 bits per heavy atom. The van der Waals surface area contributed by atoms with E-state index in [9.17, 15) is 20.1 Å². The number of H-pyrrole nitrogens is 1. The van der Waals surface area contributed by atoms with E-state index in [1.165, 1.54) is 5.56 Å². The zero-order chi connectivity index (χ0) is 44.8. The summed E-state index contributed by atoms with van der Waals surface area (Å²) < 4.78 is 16.1. The number of aliphatic hydroxyl groups excluding tert-OH is 3. The van der Waals surface area contributed by atoms with Crippen LogP contribution in [0.3, 0.4) is 0 Å². The molecule has 65 heavy (non-hydrogen) atoms. The van der Waals surface area contributed by atoms with Crippen LogP contribution in [-0.2, 0) is 23.4 Å². The Morgan fingerprint density at radius 3 is 2.74 bits per heavy atom. The van der Waals surface area contributed by atoms with Crippen LogP contribution in [0.4, 0.5) is 0 Å². The number of nitrogens with two attached hydrogens (primary N) is 1. The number of rotatable bonds is 10. The van der Waals surface area contributed by atoms with Gasteiger partial charge in [-0.25, -0.2) is 0 Å². The highest BCUT2D eigenvalue weighted by Gasteiger charge is 2.47. The van der Waals surface area contributed by atoms with E-state index in [2.05, 4.69) is 89.4 Å². The number of ketones is 1. The molecule has 0 amide bonds. The van der Waals surface area contributed by atoms with E-state index in [1.807, 2.05) is 18.2 Å². The van der Waals surface area contributed by atoms with Gasteiger partial charge in [0.15, 0.2) is 17.7 Å². The van der Waals surface area contributed by atoms with Crippen molar-refractivity contribution in [2.24, 2.45) is 34.8 Å². The minimum Gasteiger partial charge on any atom is -0.465 e. The summed E-state index contributed by atoms with van der Waals surface area (Å²) in [6, 6.07) is 8.09. The molecule has 2 aromatic carbocycles. The number of allylic oxidation sites excluding steroid dienone is 1. The fraction of sp³-hybridized carbons (Fsp3) is 0.528. The number of fused-ring (bicyclic) bond motifs is 4. The Kier molecular flexibility index (Phi) is 13.0. The molecule has 11 rings (SSSR count). The average molecular weight is 915 g/mol. The summed E-state index contributed by atoms with van der Waals surface area (Å²) in [5, 5.41) is 39.8. The third-order valence-corrected chi connectivity index (χ3v) is 17.7. The van der Waals surface area contributed by atoms with Crippen molar-refractivity contribution in [3.63, 3.8) is 0 Å². The molecule has 8 bridgehead atoms. The Hall–Kier alpha value is -4.11. The summed E-state index contributed by atoms with van der Waals surface area (Å²) in [7, 11) is 3.56. The molecule has 12 heteroatoms. The lowest BCUT2D eigenvalue weighted by molar-refractivity contribution is -0.129. The summed E-state index contributed by atoms with van der Waals surface area (Å²) in [5.41, 5.74) is 14.4. The minimum atomic E-state index is -1.05. The molecule has 1 saturated carbocycles. The minimum absolute atomic E-state index is 0.0151. The zero-order valence-electron chi connectivity index (χ0n) is 37.5. The number of carbonyl (C=O) groups is 1. The number of aliphatic hydroxyl groups is 3. The molecule has 0 unspecified atom stereocenters. The Morgan fingerprint density at radius 1 is 1.06 bits per heavy atom. The lowest BCUT2D eigenvalue weighted by atomic mass is 9.73. The van der Waals surface area contributed by atoms with Crippen molar-refractivity contribution in [3.05, 3.63) is 94.0 Å². The molecule has 7 heterocycles. The number of unbranched alkanes of at least 4 members (excludes halogenated alkanes) is 2. The van der Waals surface area contributed by atoms with Gasteiger partial charge in [-0.3, -0.25) is 10.1 Å². The number of benzene rings is 2. The molecule has 10 nitrogen and oxygen atoms in total. The molecular formula is C53H62N4O6S2. The number of nitrogens with one attached hydrogen (secondary N) is 2. The summed E-state index contributed by atoms with van der Waals surface area (Å²) in [4.78, 5) is 18.1. The molecule has 0 saturated heterocycles. The highest BCUT2D eigenvalue weighted by Crippen LogP contribution is 2.52. The summed E-state index contributed by atoms with van der Waals surface area (Å²) >= 11 is 0. The van der Waals surface area contributed by atoms with Crippen LogP contribution in [0.25, 0.3) is 10.9 Å². The van der Waals surface area contributed by atoms with Crippen LogP contribution in [0.1, 0.15) is 141 Å². The van der Waals surface area contributed by atoms with E-state index >= 15 is 0 Å². The van der Waals surface area contributed by atoms with Gasteiger partial charge in [-0.05, 0) is 77.5 Å². The Labute approximate surface area is 390 Å². The lowest BCUT2D eigenvalue weighted by Gasteiger charge is -2.36. The highest BCUT2D eigenvalue weighted by molar-refractivity contribution is 8.76. The van der Waals surface area contributed by atoms with Crippen LogP contribution < -0.4 is 20.5 Å². The number of aromatic amines is 1. The van der Waals surface area contributed by atoms with E-state index in [4.69, 9.17) is 15.2 Å². The van der Waals surface area contributed by atoms with Gasteiger partial charge < -0.3 is 40.1 Å². The first-order valence-corrected chi connectivity index (χ1v) is 26.4. The van der Waals surface area contributed by atoms with Gasteiger partial charge in [-0.15, -0.1) is 0 Å². The third kappa shape index (κ3) is 8.59. The molecular weight excluding hydrogens is 853 g/mol. The van der Waals surface area contributed by atoms with Gasteiger partial charge in [0, 0.05) is 78.2 Å². The van der Waals surface area contributed by atoms with Crippen molar-refractivity contribution in [2.45, 2.75) is 133 Å². The van der Waals surface area contributed by atoms with Crippen molar-refractivity contribution in [1.29, 1.82) is 0 Å². The monoisotopic (exact) mass is 914 g/mol. The number of ether oxygens (including phenoxy) is 2. The van der Waals surface area contributed by atoms with Crippen LogP contribution >= 0.6 is 21.6 Å². The molecule has 0 radical (unpaired) electrons. The van der Waals surface area contributed by atoms with Crippen LogP contribution in [0.2, 0.25) is 0 Å². The van der Waals surface area contributed by atoms with Crippen molar-refractivity contribution in [3.8, 4) is 35.4 Å². The SMILES string of the molecule is CCCCC[C@H](C(=O)CCc1ccc2c3c1CSSC[C@@H]1CN[C@H](N)c4ccc5c(c41)Cc1c[nH]c4cn(cc14)[C@@H](O3)[C@H](C#C[C@H]5O)C1(C#CO2)CCCC1)[C@H](O)[C@@H]1C=C[C@@H](C)C[C@H]1O. The van der Waals surface area contributed by atoms with Gasteiger partial charge in [0.2, 0.25) is 0 Å². The predicted octanol–water partition coefficient (Wildman–Crippen LogP) is 8.89. The second-order valence-corrected chi connectivity index (χ2v) is 22.0. The normalized spacial score (nSPS) is 28.3. The standard InChI is InChI=1S/C53H62N4O6S2/c1-3-4-5-8-36(49(61)37-12-9-31(2)23-46(37)60)45(59)16-10-32-11-18-47-50-41(32)30-65-64-29-34-26-56-51(54)38-14-13-35-39(48(34)38)24-33-25-55-43-28-57(27-40(33)43)52(63-50)42(15-17-44(35)58)53(21-22-62-47)19-6-7-20-53/h9,11-14,18,25,27-28,31,34,36-37,42,44,46,49,51-52,55-56,58,60-61H,3-8,10,16,19-20,23-24,26,29-30,54H2,1-2H3/t31-,34+,36-,37-,42+,44-,46-,49+,51+,52+/m1/s1. The second kappa shape index (κ2) is 18.9. The number of aromatic nitrogens is 2. The van der Waals surface area contributed by atoms with E-state index in [1.54, 1.807) is 21.6 Å². The molecule has 1 spiro atoms. The third-order valence-electron chi connectivity index (χ3n) is 15.3. The maximum Gasteiger partial charge on any atom is 0.191 e. The molecule has 7 N–H and O–H groups in total. The van der Waals surface area contributed by atoms with Gasteiger partial charge in [0.25, 0.3) is 0 Å². The molecule has 342 valence electrons. The summed E-state index contributed by atoms with van der Waals surface area (Å²) in [6.45, 7) is 4.91. The number of hydrogen-bond acceptors (Lipinski definition) is 10. The number of Topliss-reactive ketones (excluding diaryl/α,β-unsaturated/α-hetero) is 1. The number of nitrogens with zero attached hydrogens (tertiary/aromatic N) is 1. The maximum atomic E-state index is 14.5. The van der Waals surface area contributed by atoms with Gasteiger partial charge in [0.1, 0.15) is 18.0 Å². The molecule has 7 aliphatic rings. The molecule has 2 aliphatic carbocycles. The van der Waals surface area contributed by atoms with Crippen LogP contribution in [0.5, 0.6) is 11.5 Å².